The second-order valence-corrected chi connectivity index (χ2v) is 3.32. The van der Waals surface area contributed by atoms with Crippen molar-refractivity contribution in [1.29, 1.82) is 0 Å². The van der Waals surface area contributed by atoms with E-state index in [1.165, 1.54) is 0 Å². The molecule has 0 radical (unpaired) electrons. The molecule has 0 saturated carbocycles. The molecule has 3 heteroatoms. The fourth-order valence-corrected chi connectivity index (χ4v) is 1.24. The predicted molar refractivity (Wildman–Crippen MR) is 55.2 cm³/mol. The van der Waals surface area contributed by atoms with Crippen molar-refractivity contribution in [1.82, 2.24) is 0 Å². The molecule has 1 rings (SSSR count). The summed E-state index contributed by atoms with van der Waals surface area (Å²) in [6.45, 7) is 4.47. The molecule has 72 valence electrons. The Morgan fingerprint density at radius 1 is 1.54 bits per heavy atom. The van der Waals surface area contributed by atoms with E-state index in [-0.39, 0.29) is 6.04 Å². The number of benzene rings is 1. The Balaban J connectivity index is 2.97. The number of ether oxygens (including phenoxy) is 1. The van der Waals surface area contributed by atoms with Crippen molar-refractivity contribution in [2.45, 2.75) is 19.9 Å². The maximum absolute atomic E-state index is 5.91. The first kappa shape index (κ1) is 10.4. The molecular formula is C10H14ClNO. The number of nitrogens with two attached hydrogens (primary N) is 1. The minimum Gasteiger partial charge on any atom is -0.492 e. The minimum absolute atomic E-state index is 0.0106. The summed E-state index contributed by atoms with van der Waals surface area (Å²) in [5.41, 5.74) is 6.77. The molecule has 0 aliphatic carbocycles. The summed E-state index contributed by atoms with van der Waals surface area (Å²) in [5.74, 6) is 0.707. The highest BCUT2D eigenvalue weighted by atomic mass is 35.5. The Labute approximate surface area is 83.6 Å². The number of halogens is 1. The fraction of sp³-hybridized carbons (Fsp3) is 0.400. The molecular weight excluding hydrogens is 186 g/mol. The van der Waals surface area contributed by atoms with Crippen LogP contribution in [0.3, 0.4) is 0 Å². The van der Waals surface area contributed by atoms with Gasteiger partial charge in [0.2, 0.25) is 0 Å². The van der Waals surface area contributed by atoms with Gasteiger partial charge in [-0.2, -0.15) is 0 Å². The lowest BCUT2D eigenvalue weighted by Gasteiger charge is -2.10. The molecule has 1 aromatic carbocycles. The first-order chi connectivity index (χ1) is 6.15. The van der Waals surface area contributed by atoms with E-state index in [1.54, 1.807) is 0 Å². The zero-order valence-electron chi connectivity index (χ0n) is 7.88. The van der Waals surface area contributed by atoms with Crippen molar-refractivity contribution in [2.75, 3.05) is 6.61 Å². The van der Waals surface area contributed by atoms with Crippen molar-refractivity contribution in [3.63, 3.8) is 0 Å². The first-order valence-corrected chi connectivity index (χ1v) is 4.70. The average Bonchev–Trinajstić information content (AvgIpc) is 2.08. The standard InChI is InChI=1S/C10H14ClNO/c1-3-13-10-6-8(7(2)12)4-5-9(10)11/h4-7H,3,12H2,1-2H3. The predicted octanol–water partition coefficient (Wildman–Crippen LogP) is 2.76. The maximum Gasteiger partial charge on any atom is 0.138 e. The molecule has 0 aliphatic heterocycles. The Kier molecular flexibility index (Phi) is 3.58. The normalized spacial score (nSPS) is 12.6. The van der Waals surface area contributed by atoms with Gasteiger partial charge < -0.3 is 10.5 Å². The van der Waals surface area contributed by atoms with Crippen LogP contribution in [-0.4, -0.2) is 6.61 Å². The first-order valence-electron chi connectivity index (χ1n) is 4.33. The van der Waals surface area contributed by atoms with Crippen LogP contribution in [0.4, 0.5) is 0 Å². The van der Waals surface area contributed by atoms with Crippen LogP contribution in [0.5, 0.6) is 5.75 Å². The molecule has 0 fully saturated rings. The van der Waals surface area contributed by atoms with Gasteiger partial charge in [0.1, 0.15) is 5.75 Å². The second-order valence-electron chi connectivity index (χ2n) is 2.91. The highest BCUT2D eigenvalue weighted by Gasteiger charge is 2.04. The van der Waals surface area contributed by atoms with E-state index in [9.17, 15) is 0 Å². The summed E-state index contributed by atoms with van der Waals surface area (Å²) in [5, 5.41) is 0.631. The molecule has 0 bridgehead atoms. The van der Waals surface area contributed by atoms with Gasteiger partial charge in [0, 0.05) is 6.04 Å². The van der Waals surface area contributed by atoms with E-state index in [4.69, 9.17) is 22.1 Å². The lowest BCUT2D eigenvalue weighted by atomic mass is 10.1. The third kappa shape index (κ3) is 2.61. The van der Waals surface area contributed by atoms with E-state index in [2.05, 4.69) is 0 Å². The Hall–Kier alpha value is -0.730. The van der Waals surface area contributed by atoms with Gasteiger partial charge in [-0.3, -0.25) is 0 Å². The number of hydrogen-bond acceptors (Lipinski definition) is 2. The van der Waals surface area contributed by atoms with Crippen molar-refractivity contribution >= 4 is 11.6 Å². The van der Waals surface area contributed by atoms with Crippen molar-refractivity contribution in [3.05, 3.63) is 28.8 Å². The molecule has 2 nitrogen and oxygen atoms in total. The molecule has 2 N–H and O–H groups in total. The van der Waals surface area contributed by atoms with Gasteiger partial charge in [-0.1, -0.05) is 17.7 Å². The topological polar surface area (TPSA) is 35.2 Å². The molecule has 0 spiro atoms. The van der Waals surface area contributed by atoms with Crippen molar-refractivity contribution < 1.29 is 4.74 Å². The maximum atomic E-state index is 5.91. The van der Waals surface area contributed by atoms with E-state index >= 15 is 0 Å². The van der Waals surface area contributed by atoms with Gasteiger partial charge in [0.05, 0.1) is 11.6 Å². The SMILES string of the molecule is CCOc1cc(C(C)N)ccc1Cl. The minimum atomic E-state index is 0.0106. The summed E-state index contributed by atoms with van der Waals surface area (Å²) >= 11 is 5.91. The Bertz CT molecular complexity index is 286. The molecule has 0 aliphatic rings. The van der Waals surface area contributed by atoms with E-state index < -0.39 is 0 Å². The molecule has 0 aromatic heterocycles. The Morgan fingerprint density at radius 2 is 2.23 bits per heavy atom. The van der Waals surface area contributed by atoms with Crippen molar-refractivity contribution in [3.8, 4) is 5.75 Å². The summed E-state index contributed by atoms with van der Waals surface area (Å²) in [7, 11) is 0. The van der Waals surface area contributed by atoms with Gasteiger partial charge in [0.15, 0.2) is 0 Å². The quantitative estimate of drug-likeness (QED) is 0.813. The number of rotatable bonds is 3. The Morgan fingerprint density at radius 3 is 2.77 bits per heavy atom. The van der Waals surface area contributed by atoms with Crippen LogP contribution < -0.4 is 10.5 Å². The van der Waals surface area contributed by atoms with E-state index in [0.717, 1.165) is 5.56 Å². The lowest BCUT2D eigenvalue weighted by molar-refractivity contribution is 0.340. The van der Waals surface area contributed by atoms with Gasteiger partial charge in [0.25, 0.3) is 0 Å². The highest BCUT2D eigenvalue weighted by Crippen LogP contribution is 2.27. The van der Waals surface area contributed by atoms with Gasteiger partial charge in [-0.15, -0.1) is 0 Å². The third-order valence-corrected chi connectivity index (χ3v) is 2.09. The van der Waals surface area contributed by atoms with Crippen molar-refractivity contribution in [2.24, 2.45) is 5.73 Å². The van der Waals surface area contributed by atoms with E-state index in [1.807, 2.05) is 32.0 Å². The second kappa shape index (κ2) is 4.49. The summed E-state index contributed by atoms with van der Waals surface area (Å²) < 4.78 is 5.34. The molecule has 1 unspecified atom stereocenters. The van der Waals surface area contributed by atoms with Gasteiger partial charge >= 0.3 is 0 Å². The smallest absolute Gasteiger partial charge is 0.138 e. The van der Waals surface area contributed by atoms with Gasteiger partial charge in [-0.25, -0.2) is 0 Å². The van der Waals surface area contributed by atoms with E-state index in [0.29, 0.717) is 17.4 Å². The summed E-state index contributed by atoms with van der Waals surface area (Å²) in [4.78, 5) is 0. The fourth-order valence-electron chi connectivity index (χ4n) is 1.07. The third-order valence-electron chi connectivity index (χ3n) is 1.78. The average molecular weight is 200 g/mol. The summed E-state index contributed by atoms with van der Waals surface area (Å²) in [6.07, 6.45) is 0. The zero-order chi connectivity index (χ0) is 9.84. The van der Waals surface area contributed by atoms with Crippen LogP contribution in [0.15, 0.2) is 18.2 Å². The molecule has 0 saturated heterocycles. The molecule has 13 heavy (non-hydrogen) atoms. The van der Waals surface area contributed by atoms with Crippen LogP contribution >= 0.6 is 11.6 Å². The lowest BCUT2D eigenvalue weighted by Crippen LogP contribution is -2.05. The molecule has 0 amide bonds. The van der Waals surface area contributed by atoms with Crippen LogP contribution in [0, 0.1) is 0 Å². The van der Waals surface area contributed by atoms with Crippen LogP contribution in [0.25, 0.3) is 0 Å². The summed E-state index contributed by atoms with van der Waals surface area (Å²) in [6, 6.07) is 5.62. The van der Waals surface area contributed by atoms with Crippen LogP contribution in [0.1, 0.15) is 25.5 Å². The van der Waals surface area contributed by atoms with Crippen LogP contribution in [-0.2, 0) is 0 Å². The largest absolute Gasteiger partial charge is 0.492 e. The molecule has 0 heterocycles. The number of hydrogen-bond donors (Lipinski definition) is 1. The molecule has 1 atom stereocenters. The monoisotopic (exact) mass is 199 g/mol. The van der Waals surface area contributed by atoms with Gasteiger partial charge in [-0.05, 0) is 31.5 Å². The molecule has 1 aromatic rings. The zero-order valence-corrected chi connectivity index (χ0v) is 8.64. The van der Waals surface area contributed by atoms with Crippen LogP contribution in [0.2, 0.25) is 5.02 Å². The highest BCUT2D eigenvalue weighted by molar-refractivity contribution is 6.32.